The highest BCUT2D eigenvalue weighted by Gasteiger charge is 2.42. The molecule has 1 amide bonds. The lowest BCUT2D eigenvalue weighted by atomic mass is 9.96. The molecule has 11 heteroatoms. The minimum atomic E-state index is -4.46. The lowest BCUT2D eigenvalue weighted by molar-refractivity contribution is -0.137. The fraction of sp³-hybridized carbons (Fsp3) is 0.258. The van der Waals surface area contributed by atoms with E-state index in [0.717, 1.165) is 34.8 Å². The Morgan fingerprint density at radius 3 is 2.52 bits per heavy atom. The van der Waals surface area contributed by atoms with Crippen molar-refractivity contribution in [3.63, 3.8) is 0 Å². The predicted molar refractivity (Wildman–Crippen MR) is 160 cm³/mol. The average molecular weight is 594 g/mol. The standard InChI is InChI=1S/C31H30F3N5O2S/c1-5-27(40)36-24-13-12-22(17-26(24)41-4)39-29(28(37-30(39)42)25-11-6-7-14-35-25)23-15-18(2)38(19(23)3)21-10-8-9-20(16-21)31(32,33)34/h6-17,28-29H,5H2,1-4H3,(H,36,40)(H,37,42)/t28-,29+/m1/s1. The Hall–Kier alpha value is -4.38. The van der Waals surface area contributed by atoms with Crippen molar-refractivity contribution in [2.24, 2.45) is 0 Å². The summed E-state index contributed by atoms with van der Waals surface area (Å²) >= 11 is 5.86. The van der Waals surface area contributed by atoms with Gasteiger partial charge in [-0.05, 0) is 80.2 Å². The highest BCUT2D eigenvalue weighted by Crippen LogP contribution is 2.45. The van der Waals surface area contributed by atoms with Gasteiger partial charge in [-0.15, -0.1) is 0 Å². The molecule has 1 fully saturated rings. The summed E-state index contributed by atoms with van der Waals surface area (Å²) < 4.78 is 48.1. The Balaban J connectivity index is 1.65. The van der Waals surface area contributed by atoms with Gasteiger partial charge in [-0.1, -0.05) is 19.1 Å². The fourth-order valence-electron chi connectivity index (χ4n) is 5.43. The van der Waals surface area contributed by atoms with Gasteiger partial charge in [-0.2, -0.15) is 13.2 Å². The highest BCUT2D eigenvalue weighted by atomic mass is 32.1. The summed E-state index contributed by atoms with van der Waals surface area (Å²) in [6.45, 7) is 5.52. The first-order chi connectivity index (χ1) is 20.0. The molecule has 0 radical (unpaired) electrons. The molecule has 2 aromatic heterocycles. The van der Waals surface area contributed by atoms with Crippen LogP contribution in [0.3, 0.4) is 0 Å². The number of nitrogens with one attached hydrogen (secondary N) is 2. The monoisotopic (exact) mass is 593 g/mol. The normalized spacial score (nSPS) is 16.8. The number of thiocarbonyl (C=S) groups is 1. The predicted octanol–water partition coefficient (Wildman–Crippen LogP) is 7.04. The van der Waals surface area contributed by atoms with Crippen molar-refractivity contribution >= 4 is 34.6 Å². The third-order valence-electron chi connectivity index (χ3n) is 7.38. The third-order valence-corrected chi connectivity index (χ3v) is 7.69. The van der Waals surface area contributed by atoms with Gasteiger partial charge in [0.15, 0.2) is 5.11 Å². The second-order valence-electron chi connectivity index (χ2n) is 9.99. The summed E-state index contributed by atoms with van der Waals surface area (Å²) in [7, 11) is 1.53. The van der Waals surface area contributed by atoms with Gasteiger partial charge in [0, 0.05) is 41.4 Å². The van der Waals surface area contributed by atoms with E-state index >= 15 is 0 Å². The van der Waals surface area contributed by atoms with Gasteiger partial charge in [-0.3, -0.25) is 9.78 Å². The minimum absolute atomic E-state index is 0.144. The van der Waals surface area contributed by atoms with E-state index < -0.39 is 17.8 Å². The van der Waals surface area contributed by atoms with Crippen LogP contribution in [0.2, 0.25) is 0 Å². The first kappa shape index (κ1) is 29.1. The van der Waals surface area contributed by atoms with Crippen LogP contribution in [0.5, 0.6) is 5.75 Å². The van der Waals surface area contributed by atoms with Crippen LogP contribution >= 0.6 is 12.2 Å². The third kappa shape index (κ3) is 5.44. The van der Waals surface area contributed by atoms with E-state index in [1.54, 1.807) is 31.3 Å². The number of pyridine rings is 1. The Bertz CT molecular complexity index is 1640. The number of methoxy groups -OCH3 is 1. The smallest absolute Gasteiger partial charge is 0.416 e. The number of hydrogen-bond acceptors (Lipinski definition) is 4. The SMILES string of the molecule is CCC(=O)Nc1ccc(N2C(=S)N[C@H](c3ccccn3)[C@@H]2c2cc(C)n(-c3cccc(C(F)(F)F)c3)c2C)cc1OC. The zero-order chi connectivity index (χ0) is 30.2. The molecule has 42 heavy (non-hydrogen) atoms. The average Bonchev–Trinajstić information content (AvgIpc) is 3.47. The van der Waals surface area contributed by atoms with Gasteiger partial charge in [0.2, 0.25) is 5.91 Å². The Labute approximate surface area is 247 Å². The number of nitrogens with zero attached hydrogens (tertiary/aromatic N) is 3. The molecule has 2 N–H and O–H groups in total. The number of aryl methyl sites for hydroxylation is 1. The van der Waals surface area contributed by atoms with Crippen molar-refractivity contribution in [1.29, 1.82) is 0 Å². The number of aromatic nitrogens is 2. The number of amides is 1. The zero-order valence-corrected chi connectivity index (χ0v) is 24.3. The van der Waals surface area contributed by atoms with Crippen molar-refractivity contribution in [2.45, 2.75) is 45.5 Å². The fourth-order valence-corrected chi connectivity index (χ4v) is 5.77. The van der Waals surface area contributed by atoms with Crippen LogP contribution in [0.25, 0.3) is 5.69 Å². The van der Waals surface area contributed by atoms with E-state index in [0.29, 0.717) is 34.3 Å². The van der Waals surface area contributed by atoms with Crippen LogP contribution in [0, 0.1) is 13.8 Å². The minimum Gasteiger partial charge on any atom is -0.494 e. The number of carbonyl (C=O) groups is 1. The van der Waals surface area contributed by atoms with Gasteiger partial charge >= 0.3 is 6.18 Å². The van der Waals surface area contributed by atoms with Gasteiger partial charge in [0.1, 0.15) is 5.75 Å². The molecule has 0 saturated carbocycles. The second-order valence-corrected chi connectivity index (χ2v) is 10.4. The maximum absolute atomic E-state index is 13.6. The number of carbonyl (C=O) groups excluding carboxylic acids is 1. The molecule has 1 aliphatic rings. The van der Waals surface area contributed by atoms with Gasteiger partial charge in [0.25, 0.3) is 0 Å². The maximum Gasteiger partial charge on any atom is 0.416 e. The second kappa shape index (κ2) is 11.5. The molecule has 2 atom stereocenters. The molecule has 1 aliphatic heterocycles. The number of alkyl halides is 3. The molecule has 0 spiro atoms. The van der Waals surface area contributed by atoms with Crippen molar-refractivity contribution in [2.75, 3.05) is 17.3 Å². The van der Waals surface area contributed by atoms with Crippen molar-refractivity contribution in [3.05, 3.63) is 101 Å². The largest absolute Gasteiger partial charge is 0.494 e. The van der Waals surface area contributed by atoms with Crippen LogP contribution in [0.4, 0.5) is 24.5 Å². The van der Waals surface area contributed by atoms with E-state index in [4.69, 9.17) is 17.0 Å². The topological polar surface area (TPSA) is 71.4 Å². The van der Waals surface area contributed by atoms with Crippen molar-refractivity contribution in [1.82, 2.24) is 14.9 Å². The van der Waals surface area contributed by atoms with Crippen LogP contribution in [-0.2, 0) is 11.0 Å². The molecule has 0 unspecified atom stereocenters. The highest BCUT2D eigenvalue weighted by molar-refractivity contribution is 7.80. The molecule has 0 aliphatic carbocycles. The molecule has 1 saturated heterocycles. The molecule has 4 aromatic rings. The molecule has 3 heterocycles. The van der Waals surface area contributed by atoms with E-state index in [2.05, 4.69) is 15.6 Å². The summed E-state index contributed by atoms with van der Waals surface area (Å²) in [4.78, 5) is 18.6. The first-order valence-electron chi connectivity index (χ1n) is 13.4. The van der Waals surface area contributed by atoms with E-state index in [9.17, 15) is 18.0 Å². The lowest BCUT2D eigenvalue weighted by Crippen LogP contribution is -2.29. The van der Waals surface area contributed by atoms with Gasteiger partial charge < -0.3 is 24.8 Å². The number of anilines is 2. The van der Waals surface area contributed by atoms with Crippen LogP contribution in [0.1, 0.15) is 53.6 Å². The van der Waals surface area contributed by atoms with E-state index in [1.807, 2.05) is 53.6 Å². The number of hydrogen-bond donors (Lipinski definition) is 2. The zero-order valence-electron chi connectivity index (χ0n) is 23.5. The summed E-state index contributed by atoms with van der Waals surface area (Å²) in [5.41, 5.74) is 4.12. The van der Waals surface area contributed by atoms with E-state index in [-0.39, 0.29) is 11.9 Å². The summed E-state index contributed by atoms with van der Waals surface area (Å²) in [6.07, 6.45) is -2.43. The summed E-state index contributed by atoms with van der Waals surface area (Å²) in [5.74, 6) is 0.320. The van der Waals surface area contributed by atoms with Crippen LogP contribution in [-0.4, -0.2) is 27.7 Å². The van der Waals surface area contributed by atoms with Crippen molar-refractivity contribution in [3.8, 4) is 11.4 Å². The maximum atomic E-state index is 13.6. The van der Waals surface area contributed by atoms with Crippen LogP contribution < -0.4 is 20.3 Å². The Morgan fingerprint density at radius 1 is 1.07 bits per heavy atom. The van der Waals surface area contributed by atoms with E-state index in [1.165, 1.54) is 13.2 Å². The Morgan fingerprint density at radius 2 is 1.86 bits per heavy atom. The summed E-state index contributed by atoms with van der Waals surface area (Å²) in [6, 6.07) is 17.6. The molecule has 2 aromatic carbocycles. The van der Waals surface area contributed by atoms with Crippen molar-refractivity contribution < 1.29 is 22.7 Å². The quantitative estimate of drug-likeness (QED) is 0.224. The molecule has 7 nitrogen and oxygen atoms in total. The van der Waals surface area contributed by atoms with Gasteiger partial charge in [0.05, 0.1) is 36.1 Å². The molecule has 218 valence electrons. The number of rotatable bonds is 7. The van der Waals surface area contributed by atoms with Gasteiger partial charge in [-0.25, -0.2) is 0 Å². The number of halogens is 3. The first-order valence-corrected chi connectivity index (χ1v) is 13.8. The molecule has 5 rings (SSSR count). The lowest BCUT2D eigenvalue weighted by Gasteiger charge is -2.29. The Kier molecular flexibility index (Phi) is 7.96. The van der Waals surface area contributed by atoms with Crippen LogP contribution in [0.15, 0.2) is 72.9 Å². The number of benzene rings is 2. The molecular formula is C31H30F3N5O2S. The number of ether oxygens (including phenoxy) is 1. The summed E-state index contributed by atoms with van der Waals surface area (Å²) in [5, 5.41) is 6.71. The molecule has 0 bridgehead atoms. The molecular weight excluding hydrogens is 563 g/mol.